The van der Waals surface area contributed by atoms with Crippen LogP contribution >= 0.6 is 27.3 Å². The second-order valence-corrected chi connectivity index (χ2v) is 6.37. The predicted molar refractivity (Wildman–Crippen MR) is 70.1 cm³/mol. The van der Waals surface area contributed by atoms with E-state index < -0.39 is 0 Å². The smallest absolute Gasteiger partial charge is 0.186 e. The number of thiophene rings is 1. The molecule has 1 aromatic heterocycles. The van der Waals surface area contributed by atoms with Crippen LogP contribution in [-0.4, -0.2) is 42.0 Å². The van der Waals surface area contributed by atoms with Crippen LogP contribution < -0.4 is 0 Å². The van der Waals surface area contributed by atoms with Crippen molar-refractivity contribution < 1.29 is 9.90 Å². The second kappa shape index (κ2) is 6.49. The fraction of sp³-hybridized carbons (Fsp3) is 0.545. The molecule has 1 aromatic rings. The molecule has 90 valence electrons. The molecule has 0 saturated heterocycles. The molecular formula is C11H16BrNO2S. The van der Waals surface area contributed by atoms with E-state index in [0.29, 0.717) is 13.0 Å². The van der Waals surface area contributed by atoms with E-state index in [0.717, 1.165) is 15.2 Å². The lowest BCUT2D eigenvalue weighted by atomic mass is 10.2. The Morgan fingerprint density at radius 2 is 2.31 bits per heavy atom. The molecule has 1 atom stereocenters. The largest absolute Gasteiger partial charge is 0.393 e. The number of aliphatic hydroxyl groups is 1. The van der Waals surface area contributed by atoms with Crippen LogP contribution in [0.1, 0.15) is 23.0 Å². The highest BCUT2D eigenvalue weighted by Crippen LogP contribution is 2.22. The van der Waals surface area contributed by atoms with E-state index in [2.05, 4.69) is 15.9 Å². The van der Waals surface area contributed by atoms with E-state index in [1.807, 2.05) is 24.1 Å². The maximum Gasteiger partial charge on any atom is 0.186 e. The number of aliphatic hydroxyl groups excluding tert-OH is 1. The Balaban J connectivity index is 2.39. The SMILES string of the molecule is CC(O)CCN(C)CC(=O)c1ccc(Br)s1. The first-order valence-electron chi connectivity index (χ1n) is 5.14. The van der Waals surface area contributed by atoms with E-state index in [-0.39, 0.29) is 11.9 Å². The number of ketones is 1. The molecule has 0 radical (unpaired) electrons. The Morgan fingerprint density at radius 1 is 1.62 bits per heavy atom. The first kappa shape index (κ1) is 13.8. The highest BCUT2D eigenvalue weighted by atomic mass is 79.9. The van der Waals surface area contributed by atoms with Gasteiger partial charge in [0.05, 0.1) is 21.3 Å². The van der Waals surface area contributed by atoms with Crippen molar-refractivity contribution in [3.63, 3.8) is 0 Å². The standard InChI is InChI=1S/C11H16BrNO2S/c1-8(14)5-6-13(2)7-9(15)10-3-4-11(12)16-10/h3-4,8,14H,5-7H2,1-2H3. The Morgan fingerprint density at radius 3 is 2.81 bits per heavy atom. The number of hydrogen-bond donors (Lipinski definition) is 1. The number of rotatable bonds is 6. The molecule has 0 saturated carbocycles. The first-order valence-corrected chi connectivity index (χ1v) is 6.75. The van der Waals surface area contributed by atoms with Crippen LogP contribution in [0.5, 0.6) is 0 Å². The summed E-state index contributed by atoms with van der Waals surface area (Å²) in [5, 5.41) is 9.14. The van der Waals surface area contributed by atoms with Crippen molar-refractivity contribution in [2.45, 2.75) is 19.4 Å². The van der Waals surface area contributed by atoms with Crippen molar-refractivity contribution in [1.29, 1.82) is 0 Å². The topological polar surface area (TPSA) is 40.5 Å². The van der Waals surface area contributed by atoms with Gasteiger partial charge >= 0.3 is 0 Å². The van der Waals surface area contributed by atoms with Crippen LogP contribution in [0.4, 0.5) is 0 Å². The van der Waals surface area contributed by atoms with Crippen LogP contribution in [0.15, 0.2) is 15.9 Å². The van der Waals surface area contributed by atoms with E-state index in [1.165, 1.54) is 11.3 Å². The van der Waals surface area contributed by atoms with Gasteiger partial charge < -0.3 is 5.11 Å². The van der Waals surface area contributed by atoms with E-state index in [4.69, 9.17) is 5.11 Å². The zero-order chi connectivity index (χ0) is 12.1. The molecule has 1 N–H and O–H groups in total. The van der Waals surface area contributed by atoms with Crippen LogP contribution in [-0.2, 0) is 0 Å². The summed E-state index contributed by atoms with van der Waals surface area (Å²) in [6.45, 7) is 2.89. The minimum Gasteiger partial charge on any atom is -0.393 e. The summed E-state index contributed by atoms with van der Waals surface area (Å²) in [6, 6.07) is 3.72. The molecule has 0 aliphatic rings. The third-order valence-electron chi connectivity index (χ3n) is 2.19. The minimum atomic E-state index is -0.312. The number of halogens is 1. The van der Waals surface area contributed by atoms with Gasteiger partial charge in [-0.1, -0.05) is 0 Å². The van der Waals surface area contributed by atoms with Crippen molar-refractivity contribution in [3.8, 4) is 0 Å². The van der Waals surface area contributed by atoms with Gasteiger partial charge in [-0.25, -0.2) is 0 Å². The van der Waals surface area contributed by atoms with Crippen LogP contribution in [0.2, 0.25) is 0 Å². The predicted octanol–water partition coefficient (Wildman–Crippen LogP) is 2.40. The van der Waals surface area contributed by atoms with Crippen LogP contribution in [0.25, 0.3) is 0 Å². The van der Waals surface area contributed by atoms with E-state index in [9.17, 15) is 4.79 Å². The fourth-order valence-electron chi connectivity index (χ4n) is 1.27. The molecule has 0 bridgehead atoms. The Bertz CT molecular complexity index is 352. The Hall–Kier alpha value is -0.230. The first-order chi connectivity index (χ1) is 7.49. The van der Waals surface area contributed by atoms with Gasteiger partial charge in [0.25, 0.3) is 0 Å². The zero-order valence-electron chi connectivity index (χ0n) is 9.44. The number of likely N-dealkylation sites (N-methyl/N-ethyl adjacent to an activating group) is 1. The van der Waals surface area contributed by atoms with Crippen molar-refractivity contribution in [1.82, 2.24) is 4.90 Å². The number of carbonyl (C=O) groups is 1. The van der Waals surface area contributed by atoms with Crippen molar-refractivity contribution in [2.75, 3.05) is 20.1 Å². The second-order valence-electron chi connectivity index (χ2n) is 3.90. The summed E-state index contributed by atoms with van der Waals surface area (Å²) >= 11 is 4.79. The van der Waals surface area contributed by atoms with E-state index in [1.54, 1.807) is 6.92 Å². The van der Waals surface area contributed by atoms with Gasteiger partial charge in [0.1, 0.15) is 0 Å². The fourth-order valence-corrected chi connectivity index (χ4v) is 2.59. The molecule has 0 aliphatic heterocycles. The lowest BCUT2D eigenvalue weighted by Gasteiger charge is -2.15. The third kappa shape index (κ3) is 4.74. The summed E-state index contributed by atoms with van der Waals surface area (Å²) < 4.78 is 0.975. The molecule has 0 amide bonds. The monoisotopic (exact) mass is 305 g/mol. The molecule has 3 nitrogen and oxygen atoms in total. The molecule has 5 heteroatoms. The highest BCUT2D eigenvalue weighted by Gasteiger charge is 2.11. The lowest BCUT2D eigenvalue weighted by molar-refractivity contribution is 0.0935. The molecule has 1 rings (SSSR count). The summed E-state index contributed by atoms with van der Waals surface area (Å²) in [5.74, 6) is 0.129. The summed E-state index contributed by atoms with van der Waals surface area (Å²) in [5.41, 5.74) is 0. The van der Waals surface area contributed by atoms with Crippen LogP contribution in [0, 0.1) is 0 Å². The summed E-state index contributed by atoms with van der Waals surface area (Å²) in [4.78, 5) is 14.5. The van der Waals surface area contributed by atoms with Crippen molar-refractivity contribution in [3.05, 3.63) is 20.8 Å². The number of Topliss-reactive ketones (excluding diaryl/α,β-unsaturated/α-hetero) is 1. The minimum absolute atomic E-state index is 0.129. The van der Waals surface area contributed by atoms with Gasteiger partial charge in [0, 0.05) is 6.54 Å². The Kier molecular flexibility index (Phi) is 5.61. The van der Waals surface area contributed by atoms with Gasteiger partial charge in [-0.2, -0.15) is 0 Å². The Labute approximate surface area is 108 Å². The summed E-state index contributed by atoms with van der Waals surface area (Å²) in [7, 11) is 1.89. The van der Waals surface area contributed by atoms with Crippen molar-refractivity contribution >= 4 is 33.0 Å². The lowest BCUT2D eigenvalue weighted by Crippen LogP contribution is -2.28. The van der Waals surface area contributed by atoms with Gasteiger partial charge in [0.15, 0.2) is 5.78 Å². The molecule has 0 fully saturated rings. The van der Waals surface area contributed by atoms with Gasteiger partial charge in [-0.15, -0.1) is 11.3 Å². The highest BCUT2D eigenvalue weighted by molar-refractivity contribution is 9.11. The normalized spacial score (nSPS) is 13.1. The molecular weight excluding hydrogens is 290 g/mol. The average Bonchev–Trinajstić information content (AvgIpc) is 2.62. The molecule has 16 heavy (non-hydrogen) atoms. The maximum absolute atomic E-state index is 11.8. The quantitative estimate of drug-likeness (QED) is 0.821. The molecule has 0 spiro atoms. The van der Waals surface area contributed by atoms with Gasteiger partial charge in [-0.3, -0.25) is 9.69 Å². The maximum atomic E-state index is 11.8. The summed E-state index contributed by atoms with van der Waals surface area (Å²) in [6.07, 6.45) is 0.381. The zero-order valence-corrected chi connectivity index (χ0v) is 11.8. The molecule has 0 aromatic carbocycles. The van der Waals surface area contributed by atoms with Crippen LogP contribution in [0.3, 0.4) is 0 Å². The van der Waals surface area contributed by atoms with Gasteiger partial charge in [0.2, 0.25) is 0 Å². The molecule has 0 aliphatic carbocycles. The van der Waals surface area contributed by atoms with Gasteiger partial charge in [-0.05, 0) is 48.5 Å². The average molecular weight is 306 g/mol. The van der Waals surface area contributed by atoms with Crippen molar-refractivity contribution in [2.24, 2.45) is 0 Å². The number of nitrogens with zero attached hydrogens (tertiary/aromatic N) is 1. The third-order valence-corrected chi connectivity index (χ3v) is 3.85. The molecule has 1 heterocycles. The van der Waals surface area contributed by atoms with E-state index >= 15 is 0 Å². The number of carbonyl (C=O) groups excluding carboxylic acids is 1. The molecule has 1 unspecified atom stereocenters. The number of hydrogen-bond acceptors (Lipinski definition) is 4.